The van der Waals surface area contributed by atoms with Gasteiger partial charge in [-0.25, -0.2) is 9.07 Å². The Morgan fingerprint density at radius 2 is 1.79 bits per heavy atom. The Kier molecular flexibility index (Phi) is 6.22. The summed E-state index contributed by atoms with van der Waals surface area (Å²) in [5.41, 5.74) is 1.52. The van der Waals surface area contributed by atoms with Crippen LogP contribution >= 0.6 is 0 Å². The maximum atomic E-state index is 15.0. The van der Waals surface area contributed by atoms with Gasteiger partial charge in [-0.15, -0.1) is 5.10 Å². The molecule has 180 valence electrons. The van der Waals surface area contributed by atoms with Gasteiger partial charge in [0.25, 0.3) is 0 Å². The van der Waals surface area contributed by atoms with Crippen molar-refractivity contribution in [3.05, 3.63) is 65.2 Å². The molecule has 2 aliphatic rings. The Morgan fingerprint density at radius 3 is 2.56 bits per heavy atom. The van der Waals surface area contributed by atoms with Crippen molar-refractivity contribution >= 4 is 0 Å². The molecule has 0 saturated carbocycles. The maximum absolute atomic E-state index is 15.0. The fraction of sp³-hybridized carbons (Fsp3) is 0.480. The number of hydrogen-bond acceptors (Lipinski definition) is 7. The lowest BCUT2D eigenvalue weighted by Gasteiger charge is -2.39. The van der Waals surface area contributed by atoms with Crippen LogP contribution in [0.4, 0.5) is 4.39 Å². The lowest BCUT2D eigenvalue weighted by atomic mass is 9.98. The number of ether oxygens (including phenoxy) is 2. The third kappa shape index (κ3) is 4.37. The number of tetrazole rings is 1. The smallest absolute Gasteiger partial charge is 0.231 e. The summed E-state index contributed by atoms with van der Waals surface area (Å²) in [7, 11) is 0. The fourth-order valence-electron chi connectivity index (χ4n) is 4.62. The largest absolute Gasteiger partial charge is 0.454 e. The molecule has 0 N–H and O–H groups in total. The summed E-state index contributed by atoms with van der Waals surface area (Å²) in [5, 5.41) is 12.7. The second-order valence-corrected chi connectivity index (χ2v) is 9.54. The van der Waals surface area contributed by atoms with E-state index in [2.05, 4.69) is 58.2 Å². The van der Waals surface area contributed by atoms with E-state index in [9.17, 15) is 0 Å². The average molecular weight is 467 g/mol. The molecule has 2 aromatic carbocycles. The lowest BCUT2D eigenvalue weighted by molar-refractivity contribution is 0.0959. The van der Waals surface area contributed by atoms with Crippen molar-refractivity contribution < 1.29 is 13.9 Å². The molecule has 1 fully saturated rings. The molecule has 1 aromatic heterocycles. The van der Waals surface area contributed by atoms with Crippen LogP contribution in [0.5, 0.6) is 11.5 Å². The first-order valence-electron chi connectivity index (χ1n) is 11.8. The number of benzene rings is 2. The molecule has 0 amide bonds. The van der Waals surface area contributed by atoms with Crippen LogP contribution < -0.4 is 9.47 Å². The van der Waals surface area contributed by atoms with E-state index in [4.69, 9.17) is 9.47 Å². The zero-order valence-electron chi connectivity index (χ0n) is 19.9. The highest BCUT2D eigenvalue weighted by atomic mass is 19.1. The van der Waals surface area contributed by atoms with Gasteiger partial charge in [0.1, 0.15) is 11.9 Å². The molecule has 3 aromatic rings. The van der Waals surface area contributed by atoms with E-state index in [1.807, 2.05) is 22.9 Å². The van der Waals surface area contributed by atoms with Gasteiger partial charge in [0, 0.05) is 38.3 Å². The summed E-state index contributed by atoms with van der Waals surface area (Å²) in [4.78, 5) is 4.70. The van der Waals surface area contributed by atoms with Crippen LogP contribution in [-0.2, 0) is 12.1 Å². The van der Waals surface area contributed by atoms with E-state index in [1.54, 1.807) is 6.07 Å². The van der Waals surface area contributed by atoms with Gasteiger partial charge in [-0.3, -0.25) is 9.80 Å². The summed E-state index contributed by atoms with van der Waals surface area (Å²) in [6, 6.07) is 12.7. The highest BCUT2D eigenvalue weighted by Gasteiger charge is 2.35. The first-order chi connectivity index (χ1) is 16.5. The third-order valence-corrected chi connectivity index (χ3v) is 6.99. The van der Waals surface area contributed by atoms with Gasteiger partial charge in [-0.05, 0) is 54.5 Å². The minimum absolute atomic E-state index is 0.237. The van der Waals surface area contributed by atoms with Gasteiger partial charge in [-0.1, -0.05) is 31.2 Å². The van der Waals surface area contributed by atoms with Crippen LogP contribution in [0.3, 0.4) is 0 Å². The van der Waals surface area contributed by atoms with E-state index < -0.39 is 0 Å². The number of halogens is 1. The Hall–Kier alpha value is -3.04. The van der Waals surface area contributed by atoms with E-state index in [-0.39, 0.29) is 24.2 Å². The standard InChI is InChI=1S/C25H31FN6O2/c1-4-25(2,3)32-24(27-28-29-32)23(19-7-5-6-8-20(19)26)31-13-11-30(12-14-31)16-18-9-10-21-22(15-18)34-17-33-21/h5-10,15,23H,4,11-14,16-17H2,1-3H3/t23-/m1/s1. The Balaban J connectivity index is 1.37. The quantitative estimate of drug-likeness (QED) is 0.527. The molecule has 5 rings (SSSR count). The fourth-order valence-corrected chi connectivity index (χ4v) is 4.62. The topological polar surface area (TPSA) is 68.5 Å². The van der Waals surface area contributed by atoms with Crippen molar-refractivity contribution in [2.45, 2.75) is 45.3 Å². The first kappa shape index (κ1) is 22.7. The van der Waals surface area contributed by atoms with E-state index in [0.717, 1.165) is 50.6 Å². The van der Waals surface area contributed by atoms with Crippen LogP contribution in [0.2, 0.25) is 0 Å². The van der Waals surface area contributed by atoms with E-state index in [1.165, 1.54) is 11.6 Å². The number of rotatable bonds is 7. The molecule has 0 spiro atoms. The third-order valence-electron chi connectivity index (χ3n) is 6.99. The molecule has 8 nitrogen and oxygen atoms in total. The van der Waals surface area contributed by atoms with Gasteiger partial charge in [-0.2, -0.15) is 0 Å². The maximum Gasteiger partial charge on any atom is 0.231 e. The predicted molar refractivity (Wildman–Crippen MR) is 125 cm³/mol. The monoisotopic (exact) mass is 466 g/mol. The van der Waals surface area contributed by atoms with Crippen LogP contribution in [0.25, 0.3) is 0 Å². The number of aromatic nitrogens is 4. The highest BCUT2D eigenvalue weighted by Crippen LogP contribution is 2.34. The molecule has 0 unspecified atom stereocenters. The van der Waals surface area contributed by atoms with Gasteiger partial charge in [0.15, 0.2) is 17.3 Å². The minimum atomic E-state index is -0.352. The van der Waals surface area contributed by atoms with Gasteiger partial charge in [0.2, 0.25) is 6.79 Å². The Morgan fingerprint density at radius 1 is 1.03 bits per heavy atom. The molecule has 0 aliphatic carbocycles. The lowest BCUT2D eigenvalue weighted by Crippen LogP contribution is -2.48. The van der Waals surface area contributed by atoms with Crippen LogP contribution in [-0.4, -0.2) is 63.0 Å². The molecule has 1 saturated heterocycles. The van der Waals surface area contributed by atoms with Crippen molar-refractivity contribution in [2.24, 2.45) is 0 Å². The van der Waals surface area contributed by atoms with Crippen LogP contribution in [0.15, 0.2) is 42.5 Å². The first-order valence-corrected chi connectivity index (χ1v) is 11.8. The summed E-state index contributed by atoms with van der Waals surface area (Å²) in [6.45, 7) is 10.7. The van der Waals surface area contributed by atoms with Gasteiger partial charge < -0.3 is 9.47 Å². The van der Waals surface area contributed by atoms with Crippen LogP contribution in [0.1, 0.15) is 50.2 Å². The zero-order chi connectivity index (χ0) is 23.7. The molecule has 0 bridgehead atoms. The Labute approximate surface area is 199 Å². The molecule has 3 heterocycles. The summed E-state index contributed by atoms with van der Waals surface area (Å²) >= 11 is 0. The zero-order valence-corrected chi connectivity index (χ0v) is 19.9. The molecule has 1 atom stereocenters. The Bertz CT molecular complexity index is 1140. The van der Waals surface area contributed by atoms with Crippen LogP contribution in [0, 0.1) is 5.82 Å². The van der Waals surface area contributed by atoms with Crippen molar-refractivity contribution in [1.29, 1.82) is 0 Å². The molecular formula is C25H31FN6O2. The second kappa shape index (κ2) is 9.31. The summed E-state index contributed by atoms with van der Waals surface area (Å²) in [6.07, 6.45) is 0.859. The normalized spacial score (nSPS) is 17.8. The summed E-state index contributed by atoms with van der Waals surface area (Å²) < 4.78 is 27.8. The van der Waals surface area contributed by atoms with E-state index >= 15 is 4.39 Å². The average Bonchev–Trinajstić information content (AvgIpc) is 3.51. The van der Waals surface area contributed by atoms with Crippen molar-refractivity contribution in [3.63, 3.8) is 0 Å². The molecular weight excluding hydrogens is 435 g/mol. The van der Waals surface area contributed by atoms with Crippen molar-refractivity contribution in [2.75, 3.05) is 33.0 Å². The predicted octanol–water partition coefficient (Wildman–Crippen LogP) is 3.59. The second-order valence-electron chi connectivity index (χ2n) is 9.54. The molecule has 9 heteroatoms. The van der Waals surface area contributed by atoms with Crippen molar-refractivity contribution in [3.8, 4) is 11.5 Å². The number of nitrogens with zero attached hydrogens (tertiary/aromatic N) is 6. The minimum Gasteiger partial charge on any atom is -0.454 e. The summed E-state index contributed by atoms with van der Waals surface area (Å²) in [5.74, 6) is 2.05. The number of fused-ring (bicyclic) bond motifs is 1. The molecule has 2 aliphatic heterocycles. The van der Waals surface area contributed by atoms with E-state index in [0.29, 0.717) is 11.4 Å². The van der Waals surface area contributed by atoms with Gasteiger partial charge in [0.05, 0.1) is 5.54 Å². The number of piperazine rings is 1. The highest BCUT2D eigenvalue weighted by molar-refractivity contribution is 5.44. The molecule has 34 heavy (non-hydrogen) atoms. The number of hydrogen-bond donors (Lipinski definition) is 0. The van der Waals surface area contributed by atoms with Crippen molar-refractivity contribution in [1.82, 2.24) is 30.0 Å². The SMILES string of the molecule is CCC(C)(C)n1nnnc1[C@@H](c1ccccc1F)N1CCN(Cc2ccc3c(c2)OCO3)CC1. The van der Waals surface area contributed by atoms with Gasteiger partial charge >= 0.3 is 0 Å². The molecule has 0 radical (unpaired) electrons.